The van der Waals surface area contributed by atoms with Crippen LogP contribution in [-0.4, -0.2) is 14.7 Å². The van der Waals surface area contributed by atoms with Crippen molar-refractivity contribution in [2.24, 2.45) is 0 Å². The summed E-state index contributed by atoms with van der Waals surface area (Å²) in [6.07, 6.45) is 0. The normalized spacial score (nSPS) is 11.3. The standard InChI is InChI=1S/C17H15IN2O2/c1-10(2)16-19-15-9-13(21)7-8-14(15)17(22)20(16)12-5-3-11(18)4-6-12/h3-10,21H,1-2H3. The number of benzene rings is 2. The maximum atomic E-state index is 12.9. The molecule has 3 aromatic rings. The van der Waals surface area contributed by atoms with E-state index in [4.69, 9.17) is 0 Å². The number of rotatable bonds is 2. The highest BCUT2D eigenvalue weighted by atomic mass is 127. The summed E-state index contributed by atoms with van der Waals surface area (Å²) >= 11 is 2.23. The first-order valence-corrected chi connectivity index (χ1v) is 8.07. The van der Waals surface area contributed by atoms with Crippen molar-refractivity contribution in [3.05, 3.63) is 62.2 Å². The number of hydrogen-bond acceptors (Lipinski definition) is 3. The Hall–Kier alpha value is -1.89. The van der Waals surface area contributed by atoms with Gasteiger partial charge in [-0.25, -0.2) is 4.98 Å². The average Bonchev–Trinajstić information content (AvgIpc) is 2.48. The average molecular weight is 406 g/mol. The second-order valence-electron chi connectivity index (χ2n) is 5.44. The van der Waals surface area contributed by atoms with Crippen LogP contribution in [0.1, 0.15) is 25.6 Å². The number of aromatic hydroxyl groups is 1. The topological polar surface area (TPSA) is 55.1 Å². The Balaban J connectivity index is 2.39. The first kappa shape index (κ1) is 15.0. The minimum absolute atomic E-state index is 0.0822. The van der Waals surface area contributed by atoms with Gasteiger partial charge in [0.05, 0.1) is 16.6 Å². The minimum Gasteiger partial charge on any atom is -0.508 e. The van der Waals surface area contributed by atoms with Crippen LogP contribution in [-0.2, 0) is 0 Å². The third-order valence-electron chi connectivity index (χ3n) is 3.48. The van der Waals surface area contributed by atoms with Gasteiger partial charge in [0.15, 0.2) is 0 Å². The van der Waals surface area contributed by atoms with Gasteiger partial charge in [-0.2, -0.15) is 0 Å². The van der Waals surface area contributed by atoms with Crippen molar-refractivity contribution in [1.82, 2.24) is 9.55 Å². The van der Waals surface area contributed by atoms with Crippen molar-refractivity contribution in [2.75, 3.05) is 0 Å². The summed E-state index contributed by atoms with van der Waals surface area (Å²) in [5, 5.41) is 10.1. The van der Waals surface area contributed by atoms with Crippen molar-refractivity contribution in [1.29, 1.82) is 0 Å². The van der Waals surface area contributed by atoms with Crippen LogP contribution in [0, 0.1) is 3.57 Å². The molecule has 5 heteroatoms. The van der Waals surface area contributed by atoms with Crippen molar-refractivity contribution in [3.63, 3.8) is 0 Å². The van der Waals surface area contributed by atoms with Gasteiger partial charge in [0.2, 0.25) is 0 Å². The molecule has 0 aliphatic heterocycles. The van der Waals surface area contributed by atoms with Crippen molar-refractivity contribution >= 4 is 33.5 Å². The molecular formula is C17H15IN2O2. The lowest BCUT2D eigenvalue weighted by Crippen LogP contribution is -2.24. The fourth-order valence-corrected chi connectivity index (χ4v) is 2.78. The number of nitrogens with zero attached hydrogens (tertiary/aromatic N) is 2. The molecule has 0 radical (unpaired) electrons. The monoisotopic (exact) mass is 406 g/mol. The summed E-state index contributed by atoms with van der Waals surface area (Å²) in [6.45, 7) is 4.00. The van der Waals surface area contributed by atoms with Crippen LogP contribution < -0.4 is 5.56 Å². The van der Waals surface area contributed by atoms with Gasteiger partial charge in [0.1, 0.15) is 11.6 Å². The van der Waals surface area contributed by atoms with E-state index >= 15 is 0 Å². The molecule has 1 heterocycles. The molecule has 0 amide bonds. The van der Waals surface area contributed by atoms with Gasteiger partial charge >= 0.3 is 0 Å². The molecule has 0 fully saturated rings. The van der Waals surface area contributed by atoms with Crippen molar-refractivity contribution < 1.29 is 5.11 Å². The summed E-state index contributed by atoms with van der Waals surface area (Å²) in [6, 6.07) is 12.4. The van der Waals surface area contributed by atoms with Gasteiger partial charge in [-0.05, 0) is 59.0 Å². The molecular weight excluding hydrogens is 391 g/mol. The van der Waals surface area contributed by atoms with Gasteiger partial charge in [-0.1, -0.05) is 13.8 Å². The number of phenolic OH excluding ortho intramolecular Hbond substituents is 1. The van der Waals surface area contributed by atoms with E-state index in [-0.39, 0.29) is 17.2 Å². The number of aromatic nitrogens is 2. The number of hydrogen-bond donors (Lipinski definition) is 1. The Morgan fingerprint density at radius 1 is 1.14 bits per heavy atom. The lowest BCUT2D eigenvalue weighted by molar-refractivity contribution is 0.476. The third-order valence-corrected chi connectivity index (χ3v) is 4.20. The quantitative estimate of drug-likeness (QED) is 0.659. The molecule has 3 rings (SSSR count). The van der Waals surface area contributed by atoms with Crippen molar-refractivity contribution in [3.8, 4) is 11.4 Å². The van der Waals surface area contributed by atoms with E-state index < -0.39 is 0 Å². The molecule has 0 atom stereocenters. The molecule has 0 saturated heterocycles. The number of halogens is 1. The van der Waals surface area contributed by atoms with Crippen LogP contribution >= 0.6 is 22.6 Å². The highest BCUT2D eigenvalue weighted by Gasteiger charge is 2.15. The summed E-state index contributed by atoms with van der Waals surface area (Å²) in [4.78, 5) is 17.5. The minimum atomic E-state index is -0.116. The van der Waals surface area contributed by atoms with Crippen molar-refractivity contribution in [2.45, 2.75) is 19.8 Å². The molecule has 22 heavy (non-hydrogen) atoms. The fraction of sp³-hybridized carbons (Fsp3) is 0.176. The van der Waals surface area contributed by atoms with E-state index in [1.54, 1.807) is 10.6 Å². The largest absolute Gasteiger partial charge is 0.508 e. The van der Waals surface area contributed by atoms with Crippen LogP contribution in [0.3, 0.4) is 0 Å². The third kappa shape index (κ3) is 2.61. The van der Waals surface area contributed by atoms with Gasteiger partial charge in [-0.3, -0.25) is 9.36 Å². The molecule has 112 valence electrons. The van der Waals surface area contributed by atoms with E-state index in [1.807, 2.05) is 38.1 Å². The van der Waals surface area contributed by atoms with Gasteiger partial charge in [0, 0.05) is 15.6 Å². The predicted octanol–water partition coefficient (Wildman–Crippen LogP) is 3.82. The van der Waals surface area contributed by atoms with Crippen LogP contribution in [0.25, 0.3) is 16.6 Å². The SMILES string of the molecule is CC(C)c1nc2cc(O)ccc2c(=O)n1-c1ccc(I)cc1. The Kier molecular flexibility index (Phi) is 3.90. The Morgan fingerprint density at radius 3 is 2.45 bits per heavy atom. The highest BCUT2D eigenvalue weighted by molar-refractivity contribution is 14.1. The lowest BCUT2D eigenvalue weighted by atomic mass is 10.1. The second kappa shape index (κ2) is 5.72. The van der Waals surface area contributed by atoms with Crippen LogP contribution in [0.4, 0.5) is 0 Å². The van der Waals surface area contributed by atoms with E-state index in [1.165, 1.54) is 12.1 Å². The Bertz CT molecular complexity index is 899. The van der Waals surface area contributed by atoms with E-state index in [9.17, 15) is 9.90 Å². The van der Waals surface area contributed by atoms with E-state index in [0.717, 1.165) is 9.26 Å². The summed E-state index contributed by atoms with van der Waals surface area (Å²) < 4.78 is 2.76. The molecule has 0 aliphatic carbocycles. The smallest absolute Gasteiger partial charge is 0.265 e. The summed E-state index contributed by atoms with van der Waals surface area (Å²) in [5.41, 5.74) is 1.21. The first-order chi connectivity index (χ1) is 10.5. The van der Waals surface area contributed by atoms with E-state index in [2.05, 4.69) is 27.6 Å². The van der Waals surface area contributed by atoms with Crippen LogP contribution in [0.2, 0.25) is 0 Å². The van der Waals surface area contributed by atoms with Gasteiger partial charge in [-0.15, -0.1) is 0 Å². The zero-order chi connectivity index (χ0) is 15.9. The predicted molar refractivity (Wildman–Crippen MR) is 95.8 cm³/mol. The zero-order valence-corrected chi connectivity index (χ0v) is 14.4. The maximum Gasteiger partial charge on any atom is 0.265 e. The zero-order valence-electron chi connectivity index (χ0n) is 12.2. The molecule has 1 aromatic heterocycles. The lowest BCUT2D eigenvalue weighted by Gasteiger charge is -2.16. The summed E-state index contributed by atoms with van der Waals surface area (Å²) in [5.74, 6) is 0.879. The molecule has 0 saturated carbocycles. The Morgan fingerprint density at radius 2 is 1.82 bits per heavy atom. The fourth-order valence-electron chi connectivity index (χ4n) is 2.42. The van der Waals surface area contributed by atoms with Crippen LogP contribution in [0.5, 0.6) is 5.75 Å². The molecule has 0 aliphatic rings. The number of fused-ring (bicyclic) bond motifs is 1. The Labute approximate surface area is 141 Å². The molecule has 0 bridgehead atoms. The second-order valence-corrected chi connectivity index (χ2v) is 6.69. The van der Waals surface area contributed by atoms with Gasteiger partial charge < -0.3 is 5.11 Å². The molecule has 0 spiro atoms. The molecule has 4 nitrogen and oxygen atoms in total. The molecule has 2 aromatic carbocycles. The molecule has 1 N–H and O–H groups in total. The molecule has 0 unspecified atom stereocenters. The van der Waals surface area contributed by atoms with E-state index in [0.29, 0.717) is 16.7 Å². The maximum absolute atomic E-state index is 12.9. The highest BCUT2D eigenvalue weighted by Crippen LogP contribution is 2.21. The summed E-state index contributed by atoms with van der Waals surface area (Å²) in [7, 11) is 0. The van der Waals surface area contributed by atoms with Crippen LogP contribution in [0.15, 0.2) is 47.3 Å². The number of phenols is 1. The van der Waals surface area contributed by atoms with Gasteiger partial charge in [0.25, 0.3) is 5.56 Å². The first-order valence-electron chi connectivity index (χ1n) is 6.99.